The summed E-state index contributed by atoms with van der Waals surface area (Å²) in [6.45, 7) is 5.33. The number of amidine groups is 1. The highest BCUT2D eigenvalue weighted by molar-refractivity contribution is 5.84. The molecule has 0 amide bonds. The lowest BCUT2D eigenvalue weighted by molar-refractivity contribution is -0.726. The summed E-state index contributed by atoms with van der Waals surface area (Å²) in [6, 6.07) is 8.33. The number of hydrogen-bond donors (Lipinski definition) is 1. The molecule has 1 heterocycles. The first kappa shape index (κ1) is 10.2. The summed E-state index contributed by atoms with van der Waals surface area (Å²) in [5, 5.41) is 0. The van der Waals surface area contributed by atoms with Gasteiger partial charge < -0.3 is 12.4 Å². The van der Waals surface area contributed by atoms with E-state index in [-0.39, 0.29) is 12.4 Å². The van der Waals surface area contributed by atoms with Crippen LogP contribution in [0.25, 0.3) is 0 Å². The van der Waals surface area contributed by atoms with E-state index in [0.29, 0.717) is 0 Å². The zero-order valence-corrected chi connectivity index (χ0v) is 8.60. The molecule has 1 unspecified atom stereocenters. The molecule has 1 aliphatic rings. The maximum absolute atomic E-state index is 4.48. The van der Waals surface area contributed by atoms with Crippen LogP contribution in [0.1, 0.15) is 13.8 Å². The minimum absolute atomic E-state index is 0. The van der Waals surface area contributed by atoms with Gasteiger partial charge in [0, 0.05) is 13.0 Å². The van der Waals surface area contributed by atoms with Gasteiger partial charge in [-0.15, -0.1) is 0 Å². The van der Waals surface area contributed by atoms with Crippen LogP contribution >= 0.6 is 0 Å². The quantitative estimate of drug-likeness (QED) is 0.551. The minimum Gasteiger partial charge on any atom is -1.00 e. The van der Waals surface area contributed by atoms with Crippen LogP contribution in [0.2, 0.25) is 0 Å². The zero-order chi connectivity index (χ0) is 8.55. The number of aliphatic imine (C=N–C) groups is 1. The first-order valence-electron chi connectivity index (χ1n) is 4.34. The third kappa shape index (κ3) is 1.60. The predicted molar refractivity (Wildman–Crippen MR) is 50.4 cm³/mol. The molecule has 1 N–H and O–H groups in total. The fourth-order valence-electron chi connectivity index (χ4n) is 1.72. The van der Waals surface area contributed by atoms with Crippen molar-refractivity contribution < 1.29 is 17.3 Å². The van der Waals surface area contributed by atoms with Crippen molar-refractivity contribution in [3.8, 4) is 0 Å². The summed E-state index contributed by atoms with van der Waals surface area (Å²) < 4.78 is 0. The summed E-state index contributed by atoms with van der Waals surface area (Å²) in [6.07, 6.45) is 0. The summed E-state index contributed by atoms with van der Waals surface area (Å²) in [5.74, 6) is 1.18. The molecule has 0 spiro atoms. The van der Waals surface area contributed by atoms with Crippen LogP contribution in [0.4, 0.5) is 11.4 Å². The average molecular weight is 197 g/mol. The molecule has 0 aromatic heterocycles. The number of quaternary nitrogens is 1. The van der Waals surface area contributed by atoms with Gasteiger partial charge in [-0.1, -0.05) is 12.1 Å². The van der Waals surface area contributed by atoms with Crippen molar-refractivity contribution >= 4 is 17.2 Å². The minimum atomic E-state index is 0. The van der Waals surface area contributed by atoms with Gasteiger partial charge in [-0.05, 0) is 13.0 Å². The van der Waals surface area contributed by atoms with Crippen LogP contribution in [0.15, 0.2) is 29.3 Å². The molecule has 3 heteroatoms. The second-order valence-electron chi connectivity index (χ2n) is 3.05. The lowest BCUT2D eigenvalue weighted by atomic mass is 10.2. The lowest BCUT2D eigenvalue weighted by Gasteiger charge is -2.09. The third-order valence-corrected chi connectivity index (χ3v) is 2.31. The Morgan fingerprint density at radius 1 is 1.31 bits per heavy atom. The van der Waals surface area contributed by atoms with E-state index in [1.165, 1.54) is 16.4 Å². The number of nitrogens with one attached hydrogen (secondary N) is 1. The summed E-state index contributed by atoms with van der Waals surface area (Å²) in [5.41, 5.74) is 2.45. The van der Waals surface area contributed by atoms with Gasteiger partial charge in [-0.25, -0.2) is 0 Å². The molecule has 1 atom stereocenters. The topological polar surface area (TPSA) is 16.8 Å². The molecule has 1 aromatic rings. The largest absolute Gasteiger partial charge is 1.00 e. The van der Waals surface area contributed by atoms with Crippen LogP contribution < -0.4 is 17.3 Å². The van der Waals surface area contributed by atoms with Crippen LogP contribution in [0, 0.1) is 0 Å². The molecular weight excluding hydrogens is 184 g/mol. The highest BCUT2D eigenvalue weighted by Crippen LogP contribution is 2.23. The molecule has 0 fully saturated rings. The smallest absolute Gasteiger partial charge is 0.203 e. The Bertz CT molecular complexity index is 333. The molecule has 0 radical (unpaired) electrons. The Balaban J connectivity index is 0.000000845. The van der Waals surface area contributed by atoms with E-state index in [4.69, 9.17) is 0 Å². The van der Waals surface area contributed by atoms with Gasteiger partial charge >= 0.3 is 0 Å². The Labute approximate surface area is 84.7 Å². The predicted octanol–water partition coefficient (Wildman–Crippen LogP) is -1.71. The van der Waals surface area contributed by atoms with Crippen LogP contribution in [-0.2, 0) is 0 Å². The summed E-state index contributed by atoms with van der Waals surface area (Å²) in [7, 11) is 0. The number of benzene rings is 1. The van der Waals surface area contributed by atoms with Gasteiger partial charge in [0.25, 0.3) is 0 Å². The van der Waals surface area contributed by atoms with E-state index in [1.807, 2.05) is 6.07 Å². The van der Waals surface area contributed by atoms with E-state index in [1.54, 1.807) is 0 Å². The number of para-hydroxylation sites is 2. The van der Waals surface area contributed by atoms with Crippen molar-refractivity contribution in [2.75, 3.05) is 6.54 Å². The zero-order valence-electron chi connectivity index (χ0n) is 7.84. The van der Waals surface area contributed by atoms with E-state index >= 15 is 0 Å². The Morgan fingerprint density at radius 3 is 2.69 bits per heavy atom. The van der Waals surface area contributed by atoms with Crippen LogP contribution in [0.5, 0.6) is 0 Å². The number of rotatable bonds is 1. The Morgan fingerprint density at radius 2 is 2.00 bits per heavy atom. The number of nitrogens with zero attached hydrogens (tertiary/aromatic N) is 1. The first-order valence-corrected chi connectivity index (χ1v) is 4.34. The van der Waals surface area contributed by atoms with Gasteiger partial charge in [0.05, 0.1) is 6.54 Å². The van der Waals surface area contributed by atoms with E-state index in [2.05, 4.69) is 37.0 Å². The number of fused-ring (bicyclic) bond motifs is 1. The van der Waals surface area contributed by atoms with Crippen molar-refractivity contribution in [3.05, 3.63) is 24.3 Å². The molecule has 0 saturated heterocycles. The van der Waals surface area contributed by atoms with Gasteiger partial charge in [-0.3, -0.25) is 4.90 Å². The molecule has 0 aliphatic carbocycles. The number of halogens is 1. The summed E-state index contributed by atoms with van der Waals surface area (Å²) >= 11 is 0. The van der Waals surface area contributed by atoms with Gasteiger partial charge in [0.1, 0.15) is 5.69 Å². The van der Waals surface area contributed by atoms with Crippen molar-refractivity contribution in [2.24, 2.45) is 4.99 Å². The SMILES string of the molecule is CC[NH+]1C(C)=Nc2ccccc21.[Cl-]. The molecule has 2 nitrogen and oxygen atoms in total. The van der Waals surface area contributed by atoms with Gasteiger partial charge in [0.2, 0.25) is 5.84 Å². The fourth-order valence-corrected chi connectivity index (χ4v) is 1.72. The monoisotopic (exact) mass is 196 g/mol. The lowest BCUT2D eigenvalue weighted by Crippen LogP contribution is -3.08. The molecule has 2 rings (SSSR count). The maximum Gasteiger partial charge on any atom is 0.203 e. The molecule has 70 valence electrons. The highest BCUT2D eigenvalue weighted by atomic mass is 35.5. The van der Waals surface area contributed by atoms with Crippen molar-refractivity contribution in [1.82, 2.24) is 0 Å². The van der Waals surface area contributed by atoms with Crippen LogP contribution in [-0.4, -0.2) is 12.4 Å². The molecule has 1 aromatic carbocycles. The van der Waals surface area contributed by atoms with E-state index < -0.39 is 0 Å². The maximum atomic E-state index is 4.48. The van der Waals surface area contributed by atoms with Gasteiger partial charge in [0.15, 0.2) is 5.69 Å². The standard InChI is InChI=1S/C10H12N2.ClH/c1-3-12-8(2)11-9-6-4-5-7-10(9)12;/h4-7H,3H2,1-2H3;1H. The molecule has 0 bridgehead atoms. The molecule has 1 aliphatic heterocycles. The van der Waals surface area contributed by atoms with Crippen molar-refractivity contribution in [1.29, 1.82) is 0 Å². The first-order chi connectivity index (χ1) is 5.83. The molecular formula is C10H13ClN2. The van der Waals surface area contributed by atoms with E-state index in [0.717, 1.165) is 12.2 Å². The highest BCUT2D eigenvalue weighted by Gasteiger charge is 2.23. The number of hydrogen-bond acceptors (Lipinski definition) is 1. The third-order valence-electron chi connectivity index (χ3n) is 2.31. The Kier molecular flexibility index (Phi) is 3.07. The second-order valence-corrected chi connectivity index (χ2v) is 3.05. The Hall–Kier alpha value is -0.860. The van der Waals surface area contributed by atoms with Crippen LogP contribution in [0.3, 0.4) is 0 Å². The average Bonchev–Trinajstić information content (AvgIpc) is 2.40. The van der Waals surface area contributed by atoms with Gasteiger partial charge in [-0.2, -0.15) is 4.99 Å². The molecule has 0 saturated carbocycles. The fraction of sp³-hybridized carbons (Fsp3) is 0.300. The van der Waals surface area contributed by atoms with Crippen molar-refractivity contribution in [3.63, 3.8) is 0 Å². The second kappa shape index (κ2) is 3.90. The van der Waals surface area contributed by atoms with E-state index in [9.17, 15) is 0 Å². The summed E-state index contributed by atoms with van der Waals surface area (Å²) in [4.78, 5) is 5.88. The van der Waals surface area contributed by atoms with Crippen molar-refractivity contribution in [2.45, 2.75) is 13.8 Å². The molecule has 13 heavy (non-hydrogen) atoms. The normalized spacial score (nSPS) is 18.9.